The molecule has 0 radical (unpaired) electrons. The summed E-state index contributed by atoms with van der Waals surface area (Å²) in [5.74, 6) is -0.210. The van der Waals surface area contributed by atoms with Gasteiger partial charge in [0, 0.05) is 31.3 Å². The monoisotopic (exact) mass is 340 g/mol. The molecule has 1 rings (SSSR count). The van der Waals surface area contributed by atoms with Crippen LogP contribution in [-0.2, 0) is 14.8 Å². The van der Waals surface area contributed by atoms with Crippen LogP contribution in [0, 0.1) is 0 Å². The third kappa shape index (κ3) is 6.50. The lowest BCUT2D eigenvalue weighted by atomic mass is 10.1. The number of unbranched alkanes of at least 4 members (excludes halogenated alkanes) is 1. The zero-order valence-corrected chi connectivity index (χ0v) is 14.6. The number of hydrogen-bond acceptors (Lipinski definition) is 4. The highest BCUT2D eigenvalue weighted by atomic mass is 32.2. The van der Waals surface area contributed by atoms with E-state index in [2.05, 4.69) is 4.72 Å². The Bertz CT molecular complexity index is 656. The lowest BCUT2D eigenvalue weighted by Gasteiger charge is -2.22. The van der Waals surface area contributed by atoms with Gasteiger partial charge in [-0.25, -0.2) is 13.1 Å². The summed E-state index contributed by atoms with van der Waals surface area (Å²) in [6.45, 7) is 5.14. The molecule has 1 amide bonds. The van der Waals surface area contributed by atoms with Gasteiger partial charge in [-0.2, -0.15) is 0 Å². The maximum Gasteiger partial charge on any atom is 0.223 e. The van der Waals surface area contributed by atoms with E-state index in [0.717, 1.165) is 6.42 Å². The molecule has 0 heterocycles. The first-order valence-electron chi connectivity index (χ1n) is 7.63. The number of hydrogen-bond donors (Lipinski definition) is 1. The predicted molar refractivity (Wildman–Crippen MR) is 91.2 cm³/mol. The van der Waals surface area contributed by atoms with Gasteiger partial charge >= 0.3 is 0 Å². The molecule has 6 nitrogen and oxygen atoms in total. The molecule has 1 aromatic rings. The molecule has 0 unspecified atom stereocenters. The molecule has 0 aliphatic heterocycles. The van der Waals surface area contributed by atoms with Crippen molar-refractivity contribution >= 4 is 27.4 Å². The van der Waals surface area contributed by atoms with Crippen molar-refractivity contribution in [3.05, 3.63) is 29.8 Å². The van der Waals surface area contributed by atoms with Gasteiger partial charge in [-0.15, -0.1) is 0 Å². The molecule has 0 aromatic heterocycles. The summed E-state index contributed by atoms with van der Waals surface area (Å²) < 4.78 is 26.0. The van der Waals surface area contributed by atoms with E-state index >= 15 is 0 Å². The Balaban J connectivity index is 2.75. The van der Waals surface area contributed by atoms with Gasteiger partial charge in [-0.1, -0.05) is 25.5 Å². The van der Waals surface area contributed by atoms with Crippen molar-refractivity contribution in [2.24, 2.45) is 0 Å². The quantitative estimate of drug-likeness (QED) is 0.697. The highest BCUT2D eigenvalue weighted by Crippen LogP contribution is 2.16. The van der Waals surface area contributed by atoms with Gasteiger partial charge in [0.15, 0.2) is 5.78 Å². The molecule has 0 spiro atoms. The lowest BCUT2D eigenvalue weighted by Crippen LogP contribution is -2.38. The molecular weight excluding hydrogens is 316 g/mol. The standard InChI is InChI=1S/C16H24N2O4S/c1-4-5-11-23(21,22)17-9-10-18(14(3)20)16-8-6-7-15(12-16)13(2)19/h6-8,12,17H,4-5,9-11H2,1-3H3. The summed E-state index contributed by atoms with van der Waals surface area (Å²) in [5.41, 5.74) is 1.09. The molecule has 1 N–H and O–H groups in total. The van der Waals surface area contributed by atoms with Gasteiger partial charge in [0.2, 0.25) is 15.9 Å². The number of amides is 1. The molecule has 0 aliphatic rings. The Morgan fingerprint density at radius 1 is 1.22 bits per heavy atom. The van der Waals surface area contributed by atoms with E-state index in [9.17, 15) is 18.0 Å². The van der Waals surface area contributed by atoms with Gasteiger partial charge in [0.1, 0.15) is 0 Å². The summed E-state index contributed by atoms with van der Waals surface area (Å²) in [6, 6.07) is 6.74. The minimum atomic E-state index is -3.31. The Kier molecular flexibility index (Phi) is 7.38. The molecule has 1 aromatic carbocycles. The van der Waals surface area contributed by atoms with Crippen LogP contribution in [0.4, 0.5) is 5.69 Å². The van der Waals surface area contributed by atoms with E-state index in [1.165, 1.54) is 18.7 Å². The van der Waals surface area contributed by atoms with Crippen molar-refractivity contribution in [3.63, 3.8) is 0 Å². The fourth-order valence-electron chi connectivity index (χ4n) is 2.08. The van der Waals surface area contributed by atoms with Crippen LogP contribution in [0.5, 0.6) is 0 Å². The highest BCUT2D eigenvalue weighted by molar-refractivity contribution is 7.89. The average Bonchev–Trinajstić information content (AvgIpc) is 2.49. The van der Waals surface area contributed by atoms with Crippen LogP contribution in [0.3, 0.4) is 0 Å². The van der Waals surface area contributed by atoms with Crippen LogP contribution >= 0.6 is 0 Å². The van der Waals surface area contributed by atoms with Gasteiger partial charge in [-0.3, -0.25) is 9.59 Å². The van der Waals surface area contributed by atoms with E-state index in [1.54, 1.807) is 24.3 Å². The van der Waals surface area contributed by atoms with E-state index in [4.69, 9.17) is 0 Å². The van der Waals surface area contributed by atoms with E-state index in [0.29, 0.717) is 17.7 Å². The lowest BCUT2D eigenvalue weighted by molar-refractivity contribution is -0.116. The minimum absolute atomic E-state index is 0.0867. The number of anilines is 1. The van der Waals surface area contributed by atoms with Crippen molar-refractivity contribution in [1.82, 2.24) is 4.72 Å². The third-order valence-corrected chi connectivity index (χ3v) is 4.84. The van der Waals surface area contributed by atoms with Crippen molar-refractivity contribution in [3.8, 4) is 0 Å². The molecule has 0 saturated carbocycles. The highest BCUT2D eigenvalue weighted by Gasteiger charge is 2.15. The second-order valence-electron chi connectivity index (χ2n) is 5.34. The normalized spacial score (nSPS) is 11.3. The first-order chi connectivity index (χ1) is 10.8. The molecule has 0 saturated heterocycles. The largest absolute Gasteiger partial charge is 0.311 e. The topological polar surface area (TPSA) is 83.6 Å². The first-order valence-corrected chi connectivity index (χ1v) is 9.28. The van der Waals surface area contributed by atoms with Gasteiger partial charge in [0.05, 0.1) is 5.75 Å². The molecule has 0 fully saturated rings. The Morgan fingerprint density at radius 3 is 2.48 bits per heavy atom. The SMILES string of the molecule is CCCCS(=O)(=O)NCCN(C(C)=O)c1cccc(C(C)=O)c1. The number of benzene rings is 1. The number of rotatable bonds is 9. The van der Waals surface area contributed by atoms with Crippen LogP contribution in [0.1, 0.15) is 44.0 Å². The molecular formula is C16H24N2O4S. The summed E-state index contributed by atoms with van der Waals surface area (Å²) in [4.78, 5) is 24.7. The van der Waals surface area contributed by atoms with Crippen molar-refractivity contribution in [2.45, 2.75) is 33.6 Å². The number of ketones is 1. The third-order valence-electron chi connectivity index (χ3n) is 3.37. The van der Waals surface area contributed by atoms with E-state index < -0.39 is 10.0 Å². The molecule has 7 heteroatoms. The van der Waals surface area contributed by atoms with Gasteiger partial charge < -0.3 is 4.90 Å². The number of nitrogens with one attached hydrogen (secondary N) is 1. The summed E-state index contributed by atoms with van der Waals surface area (Å²) >= 11 is 0. The van der Waals surface area contributed by atoms with E-state index in [1.807, 2.05) is 6.92 Å². The molecule has 0 atom stereocenters. The van der Waals surface area contributed by atoms with Crippen molar-refractivity contribution in [1.29, 1.82) is 0 Å². The zero-order valence-electron chi connectivity index (χ0n) is 13.8. The minimum Gasteiger partial charge on any atom is -0.311 e. The number of nitrogens with zero attached hydrogens (tertiary/aromatic N) is 1. The molecule has 23 heavy (non-hydrogen) atoms. The average molecular weight is 340 g/mol. The van der Waals surface area contributed by atoms with Crippen LogP contribution in [0.25, 0.3) is 0 Å². The molecule has 128 valence electrons. The van der Waals surface area contributed by atoms with Crippen LogP contribution < -0.4 is 9.62 Å². The van der Waals surface area contributed by atoms with Crippen LogP contribution in [0.15, 0.2) is 24.3 Å². The second-order valence-corrected chi connectivity index (χ2v) is 7.27. The summed E-state index contributed by atoms with van der Waals surface area (Å²) in [7, 11) is -3.31. The first kappa shape index (κ1) is 19.3. The number of carbonyl (C=O) groups is 2. The van der Waals surface area contributed by atoms with Crippen LogP contribution in [-0.4, -0.2) is 39.0 Å². The number of carbonyl (C=O) groups excluding carboxylic acids is 2. The Hall–Kier alpha value is -1.73. The Labute approximate surface area is 137 Å². The van der Waals surface area contributed by atoms with Crippen molar-refractivity contribution < 1.29 is 18.0 Å². The summed E-state index contributed by atoms with van der Waals surface area (Å²) in [6.07, 6.45) is 1.41. The van der Waals surface area contributed by atoms with E-state index in [-0.39, 0.29) is 30.5 Å². The van der Waals surface area contributed by atoms with Crippen LogP contribution in [0.2, 0.25) is 0 Å². The zero-order chi connectivity index (χ0) is 17.5. The fraction of sp³-hybridized carbons (Fsp3) is 0.500. The number of Topliss-reactive ketones (excluding diaryl/α,β-unsaturated/α-hetero) is 1. The van der Waals surface area contributed by atoms with Crippen molar-refractivity contribution in [2.75, 3.05) is 23.7 Å². The smallest absolute Gasteiger partial charge is 0.223 e. The maximum atomic E-state index is 11.8. The predicted octanol–water partition coefficient (Wildman–Crippen LogP) is 1.96. The van der Waals surface area contributed by atoms with Gasteiger partial charge in [0.25, 0.3) is 0 Å². The van der Waals surface area contributed by atoms with Gasteiger partial charge in [-0.05, 0) is 25.5 Å². The summed E-state index contributed by atoms with van der Waals surface area (Å²) in [5, 5.41) is 0. The Morgan fingerprint density at radius 2 is 1.91 bits per heavy atom. The molecule has 0 aliphatic carbocycles. The fourth-order valence-corrected chi connectivity index (χ4v) is 3.30. The maximum absolute atomic E-state index is 11.8. The molecule has 0 bridgehead atoms. The number of sulfonamides is 1. The second kappa shape index (κ2) is 8.79.